The Morgan fingerprint density at radius 2 is 2.09 bits per heavy atom. The van der Waals surface area contributed by atoms with Gasteiger partial charge in [-0.25, -0.2) is 0 Å². The van der Waals surface area contributed by atoms with Crippen LogP contribution in [0.1, 0.15) is 42.5 Å². The summed E-state index contributed by atoms with van der Waals surface area (Å²) in [5.41, 5.74) is 0.519. The van der Waals surface area contributed by atoms with E-state index >= 15 is 0 Å². The Morgan fingerprint density at radius 3 is 2.83 bits per heavy atom. The van der Waals surface area contributed by atoms with Crippen molar-refractivity contribution in [2.45, 2.75) is 44.2 Å². The molecule has 0 spiro atoms. The Bertz CT molecular complexity index is 646. The average Bonchev–Trinajstić information content (AvgIpc) is 3.39. The summed E-state index contributed by atoms with van der Waals surface area (Å²) in [5.74, 6) is 0.683. The summed E-state index contributed by atoms with van der Waals surface area (Å²) in [6.07, 6.45) is 7.78. The summed E-state index contributed by atoms with van der Waals surface area (Å²) in [7, 11) is 0. The maximum Gasteiger partial charge on any atom is 0.255 e. The van der Waals surface area contributed by atoms with Gasteiger partial charge in [0.2, 0.25) is 5.91 Å². The summed E-state index contributed by atoms with van der Waals surface area (Å²) < 4.78 is 0. The second-order valence-corrected chi connectivity index (χ2v) is 7.20. The van der Waals surface area contributed by atoms with E-state index in [1.165, 1.54) is 6.20 Å². The lowest BCUT2D eigenvalue weighted by atomic mass is 9.83. The smallest absolute Gasteiger partial charge is 0.255 e. The van der Waals surface area contributed by atoms with Crippen LogP contribution in [0.5, 0.6) is 0 Å². The molecule has 6 heteroatoms. The normalized spacial score (nSPS) is 27.8. The standard InChI is InChI=1S/C17H20ClN3O2/c18-14-9-19-7-5-13(14)17(23)20-8-6-15-11(10-20)1-4-16(22)21(15)12-2-3-12/h5,7,9,11-12,15H,1-4,6,8,10H2/t11-,15-/m1/s1. The molecule has 1 saturated carbocycles. The van der Waals surface area contributed by atoms with E-state index in [0.29, 0.717) is 47.5 Å². The molecule has 2 atom stereocenters. The molecule has 0 aromatic carbocycles. The predicted molar refractivity (Wildman–Crippen MR) is 86.1 cm³/mol. The molecule has 122 valence electrons. The highest BCUT2D eigenvalue weighted by Crippen LogP contribution is 2.39. The number of likely N-dealkylation sites (tertiary alicyclic amines) is 2. The molecule has 1 aromatic heterocycles. The summed E-state index contributed by atoms with van der Waals surface area (Å²) in [4.78, 5) is 32.9. The maximum atomic E-state index is 12.7. The molecule has 23 heavy (non-hydrogen) atoms. The summed E-state index contributed by atoms with van der Waals surface area (Å²) in [6.45, 7) is 1.41. The fourth-order valence-electron chi connectivity index (χ4n) is 4.02. The zero-order valence-corrected chi connectivity index (χ0v) is 13.7. The van der Waals surface area contributed by atoms with E-state index in [1.807, 2.05) is 4.90 Å². The minimum Gasteiger partial charge on any atom is -0.338 e. The number of fused-ring (bicyclic) bond motifs is 1. The molecular formula is C17H20ClN3O2. The van der Waals surface area contributed by atoms with Crippen molar-refractivity contribution in [2.75, 3.05) is 13.1 Å². The second-order valence-electron chi connectivity index (χ2n) is 6.79. The number of piperidine rings is 2. The Labute approximate surface area is 140 Å². The molecule has 0 bridgehead atoms. The highest BCUT2D eigenvalue weighted by Gasteiger charge is 2.45. The van der Waals surface area contributed by atoms with Crippen molar-refractivity contribution in [2.24, 2.45) is 5.92 Å². The zero-order chi connectivity index (χ0) is 16.0. The van der Waals surface area contributed by atoms with Gasteiger partial charge in [0, 0.05) is 44.0 Å². The van der Waals surface area contributed by atoms with Gasteiger partial charge >= 0.3 is 0 Å². The quantitative estimate of drug-likeness (QED) is 0.834. The van der Waals surface area contributed by atoms with Gasteiger partial charge in [-0.15, -0.1) is 0 Å². The van der Waals surface area contributed by atoms with Gasteiger partial charge in [-0.3, -0.25) is 14.6 Å². The number of halogens is 1. The molecule has 5 nitrogen and oxygen atoms in total. The van der Waals surface area contributed by atoms with Crippen molar-refractivity contribution in [1.82, 2.24) is 14.8 Å². The van der Waals surface area contributed by atoms with E-state index in [2.05, 4.69) is 9.88 Å². The molecule has 0 radical (unpaired) electrons. The first-order valence-corrected chi connectivity index (χ1v) is 8.73. The molecule has 1 aromatic rings. The van der Waals surface area contributed by atoms with Crippen LogP contribution in [0.3, 0.4) is 0 Å². The second kappa shape index (κ2) is 5.78. The van der Waals surface area contributed by atoms with Crippen molar-refractivity contribution >= 4 is 23.4 Å². The number of hydrogen-bond acceptors (Lipinski definition) is 3. The molecule has 0 unspecified atom stereocenters. The van der Waals surface area contributed by atoms with Crippen molar-refractivity contribution in [3.05, 3.63) is 29.0 Å². The summed E-state index contributed by atoms with van der Waals surface area (Å²) in [5, 5.41) is 0.401. The van der Waals surface area contributed by atoms with Gasteiger partial charge in [-0.2, -0.15) is 0 Å². The van der Waals surface area contributed by atoms with E-state index in [-0.39, 0.29) is 5.91 Å². The SMILES string of the molecule is O=C(c1ccncc1Cl)N1CC[C@@H]2[C@H](CCC(=O)N2C2CC2)C1. The first-order chi connectivity index (χ1) is 11.1. The van der Waals surface area contributed by atoms with Crippen molar-refractivity contribution in [3.8, 4) is 0 Å². The van der Waals surface area contributed by atoms with Crippen molar-refractivity contribution < 1.29 is 9.59 Å². The van der Waals surface area contributed by atoms with Crippen LogP contribution in [0.15, 0.2) is 18.5 Å². The third kappa shape index (κ3) is 2.71. The van der Waals surface area contributed by atoms with Crippen LogP contribution >= 0.6 is 11.6 Å². The average molecular weight is 334 g/mol. The molecular weight excluding hydrogens is 314 g/mol. The van der Waals surface area contributed by atoms with Gasteiger partial charge in [-0.1, -0.05) is 11.6 Å². The van der Waals surface area contributed by atoms with Crippen molar-refractivity contribution in [1.29, 1.82) is 0 Å². The van der Waals surface area contributed by atoms with E-state index in [1.54, 1.807) is 12.3 Å². The first-order valence-electron chi connectivity index (χ1n) is 8.35. The highest BCUT2D eigenvalue weighted by molar-refractivity contribution is 6.33. The molecule has 3 fully saturated rings. The Morgan fingerprint density at radius 1 is 1.26 bits per heavy atom. The van der Waals surface area contributed by atoms with Crippen LogP contribution in [-0.4, -0.2) is 51.8 Å². The number of amides is 2. The Balaban J connectivity index is 1.50. The summed E-state index contributed by atoms with van der Waals surface area (Å²) >= 11 is 6.10. The Kier molecular flexibility index (Phi) is 3.76. The Hall–Kier alpha value is -1.62. The molecule has 4 rings (SSSR count). The molecule has 3 heterocycles. The maximum absolute atomic E-state index is 12.7. The van der Waals surface area contributed by atoms with Crippen molar-refractivity contribution in [3.63, 3.8) is 0 Å². The number of pyridine rings is 1. The number of aromatic nitrogens is 1. The van der Waals surface area contributed by atoms with Crippen LogP contribution in [0.25, 0.3) is 0 Å². The molecule has 1 aliphatic carbocycles. The fraction of sp³-hybridized carbons (Fsp3) is 0.588. The molecule has 0 N–H and O–H groups in total. The lowest BCUT2D eigenvalue weighted by Crippen LogP contribution is -2.57. The van der Waals surface area contributed by atoms with Gasteiger partial charge < -0.3 is 9.80 Å². The lowest BCUT2D eigenvalue weighted by molar-refractivity contribution is -0.141. The zero-order valence-electron chi connectivity index (χ0n) is 12.9. The molecule has 2 saturated heterocycles. The monoisotopic (exact) mass is 333 g/mol. The van der Waals surface area contributed by atoms with E-state index in [0.717, 1.165) is 32.2 Å². The topological polar surface area (TPSA) is 53.5 Å². The number of nitrogens with zero attached hydrogens (tertiary/aromatic N) is 3. The minimum absolute atomic E-state index is 0.0225. The third-order valence-electron chi connectivity index (χ3n) is 5.30. The minimum atomic E-state index is -0.0225. The molecule has 2 amide bonds. The van der Waals surface area contributed by atoms with E-state index in [4.69, 9.17) is 11.6 Å². The summed E-state index contributed by atoms with van der Waals surface area (Å²) in [6, 6.07) is 2.46. The van der Waals surface area contributed by atoms with Crippen LogP contribution in [-0.2, 0) is 4.79 Å². The van der Waals surface area contributed by atoms with Gasteiger partial charge in [-0.05, 0) is 37.7 Å². The van der Waals surface area contributed by atoms with Crippen LogP contribution in [0.4, 0.5) is 0 Å². The lowest BCUT2D eigenvalue weighted by Gasteiger charge is -2.47. The largest absolute Gasteiger partial charge is 0.338 e. The number of carbonyl (C=O) groups is 2. The van der Waals surface area contributed by atoms with Crippen LogP contribution in [0, 0.1) is 5.92 Å². The third-order valence-corrected chi connectivity index (χ3v) is 5.60. The van der Waals surface area contributed by atoms with Gasteiger partial charge in [0.25, 0.3) is 5.91 Å². The van der Waals surface area contributed by atoms with Crippen LogP contribution < -0.4 is 0 Å². The van der Waals surface area contributed by atoms with Gasteiger partial charge in [0.1, 0.15) is 0 Å². The van der Waals surface area contributed by atoms with Crippen LogP contribution in [0.2, 0.25) is 5.02 Å². The molecule has 3 aliphatic rings. The highest BCUT2D eigenvalue weighted by atomic mass is 35.5. The molecule has 2 aliphatic heterocycles. The van der Waals surface area contributed by atoms with E-state index < -0.39 is 0 Å². The van der Waals surface area contributed by atoms with E-state index in [9.17, 15) is 9.59 Å². The van der Waals surface area contributed by atoms with Gasteiger partial charge in [0.05, 0.1) is 10.6 Å². The number of carbonyl (C=O) groups excluding carboxylic acids is 2. The first kappa shape index (κ1) is 14.9. The van der Waals surface area contributed by atoms with Gasteiger partial charge in [0.15, 0.2) is 0 Å². The number of rotatable bonds is 2. The fourth-order valence-corrected chi connectivity index (χ4v) is 4.22. The predicted octanol–water partition coefficient (Wildman–Crippen LogP) is 2.35. The number of hydrogen-bond donors (Lipinski definition) is 0.